The highest BCUT2D eigenvalue weighted by Gasteiger charge is 2.18. The number of methoxy groups -OCH3 is 1. The molecule has 0 aliphatic rings. The first-order valence-corrected chi connectivity index (χ1v) is 6.15. The van der Waals surface area contributed by atoms with Gasteiger partial charge in [-0.3, -0.25) is 4.79 Å². The zero-order chi connectivity index (χ0) is 13.3. The van der Waals surface area contributed by atoms with E-state index >= 15 is 0 Å². The number of carboxylic acids is 1. The van der Waals surface area contributed by atoms with Gasteiger partial charge >= 0.3 is 5.97 Å². The molecular formula is C12H13BrN2O3. The molecule has 0 aliphatic carbocycles. The SMILES string of the molecule is COc1cccc2c(CC(N)C(=O)O)c(Br)[nH]c12. The van der Waals surface area contributed by atoms with E-state index in [0.717, 1.165) is 21.1 Å². The molecule has 4 N–H and O–H groups in total. The lowest BCUT2D eigenvalue weighted by Gasteiger charge is -2.06. The summed E-state index contributed by atoms with van der Waals surface area (Å²) in [7, 11) is 1.59. The van der Waals surface area contributed by atoms with Crippen LogP contribution in [0.2, 0.25) is 0 Å². The van der Waals surface area contributed by atoms with Gasteiger partial charge in [0.2, 0.25) is 0 Å². The van der Waals surface area contributed by atoms with E-state index in [1.807, 2.05) is 18.2 Å². The van der Waals surface area contributed by atoms with Crippen molar-refractivity contribution in [2.45, 2.75) is 12.5 Å². The van der Waals surface area contributed by atoms with Gasteiger partial charge in [-0.2, -0.15) is 0 Å². The average molecular weight is 313 g/mol. The van der Waals surface area contributed by atoms with E-state index in [-0.39, 0.29) is 6.42 Å². The zero-order valence-electron chi connectivity index (χ0n) is 9.74. The molecule has 18 heavy (non-hydrogen) atoms. The Morgan fingerprint density at radius 2 is 2.33 bits per heavy atom. The average Bonchev–Trinajstić information content (AvgIpc) is 2.65. The van der Waals surface area contributed by atoms with E-state index in [2.05, 4.69) is 20.9 Å². The Balaban J connectivity index is 2.51. The summed E-state index contributed by atoms with van der Waals surface area (Å²) in [4.78, 5) is 14.0. The van der Waals surface area contributed by atoms with E-state index in [0.29, 0.717) is 5.75 Å². The molecule has 1 heterocycles. The number of H-pyrrole nitrogens is 1. The largest absolute Gasteiger partial charge is 0.495 e. The van der Waals surface area contributed by atoms with Gasteiger partial charge in [0.05, 0.1) is 17.2 Å². The molecule has 0 amide bonds. The van der Waals surface area contributed by atoms with Crippen molar-refractivity contribution in [3.05, 3.63) is 28.4 Å². The van der Waals surface area contributed by atoms with E-state index in [1.165, 1.54) is 0 Å². The summed E-state index contributed by atoms with van der Waals surface area (Å²) in [5.41, 5.74) is 7.25. The second kappa shape index (κ2) is 4.99. The topological polar surface area (TPSA) is 88.3 Å². The number of halogens is 1. The van der Waals surface area contributed by atoms with Crippen molar-refractivity contribution in [1.82, 2.24) is 4.98 Å². The number of para-hydroxylation sites is 1. The Kier molecular flexibility index (Phi) is 3.58. The standard InChI is InChI=1S/C12H13BrN2O3/c1-18-9-4-2-3-6-7(5-8(14)12(16)17)11(13)15-10(6)9/h2-4,8,15H,5,14H2,1H3,(H,16,17). The van der Waals surface area contributed by atoms with Gasteiger partial charge in [0.1, 0.15) is 11.8 Å². The molecule has 0 saturated heterocycles. The van der Waals surface area contributed by atoms with Crippen molar-refractivity contribution in [2.75, 3.05) is 7.11 Å². The van der Waals surface area contributed by atoms with Crippen LogP contribution in [-0.4, -0.2) is 29.2 Å². The van der Waals surface area contributed by atoms with E-state index in [9.17, 15) is 4.79 Å². The normalized spacial score (nSPS) is 12.6. The van der Waals surface area contributed by atoms with Crippen LogP contribution in [0.1, 0.15) is 5.56 Å². The lowest BCUT2D eigenvalue weighted by atomic mass is 10.1. The maximum Gasteiger partial charge on any atom is 0.320 e. The fourth-order valence-corrected chi connectivity index (χ4v) is 2.47. The molecule has 0 fully saturated rings. The number of aromatic amines is 1. The monoisotopic (exact) mass is 312 g/mol. The third kappa shape index (κ3) is 2.21. The predicted molar refractivity (Wildman–Crippen MR) is 71.9 cm³/mol. The molecule has 0 spiro atoms. The first kappa shape index (κ1) is 12.9. The summed E-state index contributed by atoms with van der Waals surface area (Å²) < 4.78 is 5.98. The highest BCUT2D eigenvalue weighted by atomic mass is 79.9. The molecule has 0 bridgehead atoms. The molecule has 5 nitrogen and oxygen atoms in total. The van der Waals surface area contributed by atoms with Crippen molar-refractivity contribution in [3.63, 3.8) is 0 Å². The second-order valence-electron chi connectivity index (χ2n) is 3.95. The minimum absolute atomic E-state index is 0.253. The van der Waals surface area contributed by atoms with Gasteiger partial charge in [-0.15, -0.1) is 0 Å². The Morgan fingerprint density at radius 1 is 1.61 bits per heavy atom. The van der Waals surface area contributed by atoms with Crippen LogP contribution in [0.4, 0.5) is 0 Å². The van der Waals surface area contributed by atoms with Crippen molar-refractivity contribution in [2.24, 2.45) is 5.73 Å². The summed E-state index contributed by atoms with van der Waals surface area (Å²) in [5, 5.41) is 9.78. The minimum atomic E-state index is -1.01. The maximum atomic E-state index is 10.8. The van der Waals surface area contributed by atoms with Crippen LogP contribution in [0.15, 0.2) is 22.8 Å². The van der Waals surface area contributed by atoms with Crippen LogP contribution in [0, 0.1) is 0 Å². The second-order valence-corrected chi connectivity index (χ2v) is 4.74. The Morgan fingerprint density at radius 3 is 2.94 bits per heavy atom. The van der Waals surface area contributed by atoms with E-state index in [4.69, 9.17) is 15.6 Å². The number of carbonyl (C=O) groups is 1. The Hall–Kier alpha value is -1.53. The lowest BCUT2D eigenvalue weighted by Crippen LogP contribution is -2.32. The summed E-state index contributed by atoms with van der Waals surface area (Å²) >= 11 is 3.39. The third-order valence-electron chi connectivity index (χ3n) is 2.81. The van der Waals surface area contributed by atoms with Crippen LogP contribution in [0.3, 0.4) is 0 Å². The third-order valence-corrected chi connectivity index (χ3v) is 3.49. The Bertz CT molecular complexity index is 594. The zero-order valence-corrected chi connectivity index (χ0v) is 11.3. The number of aliphatic carboxylic acids is 1. The highest BCUT2D eigenvalue weighted by Crippen LogP contribution is 2.32. The molecule has 1 atom stereocenters. The number of carboxylic acid groups (broad SMARTS) is 1. The van der Waals surface area contributed by atoms with Crippen molar-refractivity contribution < 1.29 is 14.6 Å². The number of hydrogen-bond acceptors (Lipinski definition) is 3. The summed E-state index contributed by atoms with van der Waals surface area (Å²) in [6.45, 7) is 0. The quantitative estimate of drug-likeness (QED) is 0.804. The molecule has 0 saturated carbocycles. The number of nitrogens with one attached hydrogen (secondary N) is 1. The van der Waals surface area contributed by atoms with Crippen LogP contribution in [-0.2, 0) is 11.2 Å². The molecule has 0 aliphatic heterocycles. The van der Waals surface area contributed by atoms with Crippen LogP contribution < -0.4 is 10.5 Å². The molecule has 1 aromatic carbocycles. The smallest absolute Gasteiger partial charge is 0.320 e. The number of ether oxygens (including phenoxy) is 1. The first-order chi connectivity index (χ1) is 8.54. The number of rotatable bonds is 4. The summed E-state index contributed by atoms with van der Waals surface area (Å²) in [6, 6.07) is 4.68. The number of aromatic nitrogens is 1. The van der Waals surface area contributed by atoms with Crippen molar-refractivity contribution in [3.8, 4) is 5.75 Å². The van der Waals surface area contributed by atoms with Gasteiger partial charge in [0.15, 0.2) is 0 Å². The molecule has 6 heteroatoms. The Labute approximate surface area is 112 Å². The number of benzene rings is 1. The maximum absolute atomic E-state index is 10.8. The first-order valence-electron chi connectivity index (χ1n) is 5.36. The molecule has 1 aromatic heterocycles. The van der Waals surface area contributed by atoms with Gasteiger partial charge in [0, 0.05) is 11.8 Å². The van der Waals surface area contributed by atoms with Gasteiger partial charge in [0.25, 0.3) is 0 Å². The molecule has 0 radical (unpaired) electrons. The molecular weight excluding hydrogens is 300 g/mol. The number of hydrogen-bond donors (Lipinski definition) is 3. The van der Waals surface area contributed by atoms with E-state index < -0.39 is 12.0 Å². The van der Waals surface area contributed by atoms with Crippen molar-refractivity contribution in [1.29, 1.82) is 0 Å². The molecule has 96 valence electrons. The lowest BCUT2D eigenvalue weighted by molar-refractivity contribution is -0.138. The van der Waals surface area contributed by atoms with Crippen LogP contribution >= 0.6 is 15.9 Å². The van der Waals surface area contributed by atoms with Gasteiger partial charge < -0.3 is 20.6 Å². The number of fused-ring (bicyclic) bond motifs is 1. The van der Waals surface area contributed by atoms with Crippen molar-refractivity contribution >= 4 is 32.8 Å². The van der Waals surface area contributed by atoms with Gasteiger partial charge in [-0.25, -0.2) is 0 Å². The fraction of sp³-hybridized carbons (Fsp3) is 0.250. The molecule has 2 rings (SSSR count). The summed E-state index contributed by atoms with van der Waals surface area (Å²) in [5.74, 6) is -0.303. The van der Waals surface area contributed by atoms with Crippen LogP contribution in [0.25, 0.3) is 10.9 Å². The fourth-order valence-electron chi connectivity index (χ4n) is 1.89. The van der Waals surface area contributed by atoms with Gasteiger partial charge in [-0.05, 0) is 27.6 Å². The molecule has 2 aromatic rings. The highest BCUT2D eigenvalue weighted by molar-refractivity contribution is 9.10. The van der Waals surface area contributed by atoms with Crippen LogP contribution in [0.5, 0.6) is 5.75 Å². The predicted octanol–water partition coefficient (Wildman–Crippen LogP) is 1.89. The molecule has 1 unspecified atom stereocenters. The van der Waals surface area contributed by atoms with Gasteiger partial charge in [-0.1, -0.05) is 12.1 Å². The minimum Gasteiger partial charge on any atom is -0.495 e. The number of nitrogens with two attached hydrogens (primary N) is 1. The van der Waals surface area contributed by atoms with E-state index in [1.54, 1.807) is 7.11 Å². The summed E-state index contributed by atoms with van der Waals surface area (Å²) in [6.07, 6.45) is 0.253.